The summed E-state index contributed by atoms with van der Waals surface area (Å²) in [7, 11) is 1.44. The van der Waals surface area contributed by atoms with Gasteiger partial charge in [-0.1, -0.05) is 23.7 Å². The minimum atomic E-state index is -0.824. The highest BCUT2D eigenvalue weighted by Crippen LogP contribution is 2.29. The lowest BCUT2D eigenvalue weighted by Crippen LogP contribution is -2.47. The van der Waals surface area contributed by atoms with Crippen molar-refractivity contribution in [3.63, 3.8) is 0 Å². The summed E-state index contributed by atoms with van der Waals surface area (Å²) >= 11 is 5.94. The van der Waals surface area contributed by atoms with E-state index in [1.165, 1.54) is 7.05 Å². The first-order chi connectivity index (χ1) is 14.8. The average Bonchev–Trinajstić information content (AvgIpc) is 2.74. The molecule has 0 radical (unpaired) electrons. The van der Waals surface area contributed by atoms with Crippen LogP contribution in [0.25, 0.3) is 0 Å². The fourth-order valence-corrected chi connectivity index (χ4v) is 3.25. The molecule has 1 aromatic carbocycles. The van der Waals surface area contributed by atoms with E-state index in [1.807, 2.05) is 0 Å². The molecule has 11 heteroatoms. The fraction of sp³-hybridized carbons (Fsp3) is 0.350. The normalized spacial score (nSPS) is 18.7. The number of halogens is 1. The maximum atomic E-state index is 12.7. The number of ether oxygens (including phenoxy) is 2. The zero-order valence-electron chi connectivity index (χ0n) is 16.9. The minimum absolute atomic E-state index is 0.0786. The largest absolute Gasteiger partial charge is 0.463 e. The third-order valence-electron chi connectivity index (χ3n) is 4.64. The number of carbonyl (C=O) groups is 4. The van der Waals surface area contributed by atoms with Gasteiger partial charge in [0.2, 0.25) is 5.91 Å². The molecule has 1 aromatic rings. The molecule has 0 saturated heterocycles. The molecule has 0 saturated carbocycles. The minimum Gasteiger partial charge on any atom is -0.463 e. The summed E-state index contributed by atoms with van der Waals surface area (Å²) in [5.41, 5.74) is 0.878. The Balaban J connectivity index is 1.88. The van der Waals surface area contributed by atoms with Crippen LogP contribution in [0.15, 0.2) is 40.6 Å². The first-order valence-corrected chi connectivity index (χ1v) is 9.92. The van der Waals surface area contributed by atoms with E-state index in [2.05, 4.69) is 15.7 Å². The standard InChI is InChI=1S/C20H21ClN4O6/c1-3-30-19(28)16-14(10-31-18(27)13-8-9-15(26)25(2)24-13)22-20(29)23-17(16)11-4-6-12(21)7-5-11/h4-7,17H,3,8-10H2,1-2H3,(H2,22,23,29)/t17-/m1/s1. The molecule has 3 amide bonds. The van der Waals surface area contributed by atoms with Crippen LogP contribution in [0.4, 0.5) is 4.79 Å². The number of benzene rings is 1. The van der Waals surface area contributed by atoms with Crippen LogP contribution < -0.4 is 10.6 Å². The first-order valence-electron chi connectivity index (χ1n) is 9.54. The molecule has 0 aliphatic carbocycles. The molecular weight excluding hydrogens is 428 g/mol. The zero-order chi connectivity index (χ0) is 22.5. The molecule has 31 heavy (non-hydrogen) atoms. The Kier molecular flexibility index (Phi) is 6.91. The molecule has 0 aromatic heterocycles. The number of carbonyl (C=O) groups excluding carboxylic acids is 4. The zero-order valence-corrected chi connectivity index (χ0v) is 17.7. The lowest BCUT2D eigenvalue weighted by Gasteiger charge is -2.29. The van der Waals surface area contributed by atoms with Gasteiger partial charge in [-0.25, -0.2) is 19.4 Å². The van der Waals surface area contributed by atoms with Gasteiger partial charge in [-0.15, -0.1) is 0 Å². The Morgan fingerprint density at radius 2 is 1.87 bits per heavy atom. The van der Waals surface area contributed by atoms with Gasteiger partial charge in [-0.05, 0) is 24.6 Å². The van der Waals surface area contributed by atoms with Gasteiger partial charge < -0.3 is 20.1 Å². The van der Waals surface area contributed by atoms with E-state index >= 15 is 0 Å². The molecule has 0 bridgehead atoms. The smallest absolute Gasteiger partial charge is 0.354 e. The van der Waals surface area contributed by atoms with Crippen molar-refractivity contribution in [1.82, 2.24) is 15.6 Å². The summed E-state index contributed by atoms with van der Waals surface area (Å²) < 4.78 is 10.4. The summed E-state index contributed by atoms with van der Waals surface area (Å²) in [6.45, 7) is 1.39. The van der Waals surface area contributed by atoms with Crippen molar-refractivity contribution in [3.8, 4) is 0 Å². The first kappa shape index (κ1) is 22.3. The van der Waals surface area contributed by atoms with Crippen molar-refractivity contribution in [3.05, 3.63) is 46.1 Å². The summed E-state index contributed by atoms with van der Waals surface area (Å²) in [5, 5.41) is 10.7. The van der Waals surface area contributed by atoms with Crippen molar-refractivity contribution in [2.24, 2.45) is 5.10 Å². The van der Waals surface area contributed by atoms with Crippen LogP contribution in [-0.4, -0.2) is 54.9 Å². The van der Waals surface area contributed by atoms with Crippen molar-refractivity contribution < 1.29 is 28.7 Å². The molecule has 2 aliphatic heterocycles. The lowest BCUT2D eigenvalue weighted by atomic mass is 9.95. The Labute approximate surface area is 183 Å². The average molecular weight is 449 g/mol. The van der Waals surface area contributed by atoms with Gasteiger partial charge in [0.25, 0.3) is 0 Å². The number of hydrogen-bond donors (Lipinski definition) is 2. The summed E-state index contributed by atoms with van der Waals surface area (Å²) in [4.78, 5) is 48.8. The second-order valence-corrected chi connectivity index (χ2v) is 7.17. The van der Waals surface area contributed by atoms with E-state index in [4.69, 9.17) is 21.1 Å². The van der Waals surface area contributed by atoms with Gasteiger partial charge in [0, 0.05) is 24.9 Å². The number of nitrogens with one attached hydrogen (secondary N) is 2. The van der Waals surface area contributed by atoms with Gasteiger partial charge in [-0.3, -0.25) is 4.79 Å². The SMILES string of the molecule is CCOC(=O)C1=C(COC(=O)C2=NN(C)C(=O)CC2)NC(=O)N[C@@H]1c1ccc(Cl)cc1. The number of rotatable bonds is 6. The van der Waals surface area contributed by atoms with Gasteiger partial charge >= 0.3 is 18.0 Å². The van der Waals surface area contributed by atoms with Crippen molar-refractivity contribution in [2.45, 2.75) is 25.8 Å². The van der Waals surface area contributed by atoms with E-state index in [1.54, 1.807) is 31.2 Å². The number of hydrogen-bond acceptors (Lipinski definition) is 7. The molecule has 0 spiro atoms. The highest BCUT2D eigenvalue weighted by Gasteiger charge is 2.34. The van der Waals surface area contributed by atoms with Crippen LogP contribution in [0.5, 0.6) is 0 Å². The summed E-state index contributed by atoms with van der Waals surface area (Å²) in [6, 6.07) is 5.21. The van der Waals surface area contributed by atoms with Crippen LogP contribution in [0.1, 0.15) is 31.4 Å². The van der Waals surface area contributed by atoms with E-state index in [0.717, 1.165) is 5.01 Å². The molecule has 0 fully saturated rings. The Morgan fingerprint density at radius 3 is 2.52 bits per heavy atom. The second kappa shape index (κ2) is 9.61. The van der Waals surface area contributed by atoms with Crippen LogP contribution in [0.3, 0.4) is 0 Å². The number of urea groups is 1. The van der Waals surface area contributed by atoms with Gasteiger partial charge in [-0.2, -0.15) is 5.10 Å². The van der Waals surface area contributed by atoms with E-state index in [0.29, 0.717) is 10.6 Å². The number of nitrogens with zero attached hydrogens (tertiary/aromatic N) is 2. The maximum Gasteiger partial charge on any atom is 0.354 e. The molecular formula is C20H21ClN4O6. The Hall–Kier alpha value is -3.40. The van der Waals surface area contributed by atoms with Gasteiger partial charge in [0.15, 0.2) is 0 Å². The van der Waals surface area contributed by atoms with Gasteiger partial charge in [0.05, 0.1) is 23.9 Å². The number of esters is 2. The molecule has 3 rings (SSSR count). The second-order valence-electron chi connectivity index (χ2n) is 6.74. The van der Waals surface area contributed by atoms with E-state index in [9.17, 15) is 19.2 Å². The maximum absolute atomic E-state index is 12.7. The molecule has 2 heterocycles. The summed E-state index contributed by atoms with van der Waals surface area (Å²) in [5.74, 6) is -1.62. The Bertz CT molecular complexity index is 972. The van der Waals surface area contributed by atoms with Crippen LogP contribution in [0, 0.1) is 0 Å². The molecule has 164 valence electrons. The number of amides is 3. The van der Waals surface area contributed by atoms with Crippen molar-refractivity contribution in [2.75, 3.05) is 20.3 Å². The highest BCUT2D eigenvalue weighted by molar-refractivity contribution is 6.37. The topological polar surface area (TPSA) is 126 Å². The van der Waals surface area contributed by atoms with Crippen LogP contribution >= 0.6 is 11.6 Å². The quantitative estimate of drug-likeness (QED) is 0.637. The van der Waals surface area contributed by atoms with Crippen molar-refractivity contribution in [1.29, 1.82) is 0 Å². The van der Waals surface area contributed by atoms with E-state index in [-0.39, 0.29) is 48.9 Å². The Morgan fingerprint density at radius 1 is 1.16 bits per heavy atom. The molecule has 10 nitrogen and oxygen atoms in total. The van der Waals surface area contributed by atoms with Crippen molar-refractivity contribution >= 4 is 41.2 Å². The molecule has 0 unspecified atom stereocenters. The predicted octanol–water partition coefficient (Wildman–Crippen LogP) is 1.66. The third kappa shape index (κ3) is 5.21. The predicted molar refractivity (Wildman–Crippen MR) is 110 cm³/mol. The third-order valence-corrected chi connectivity index (χ3v) is 4.89. The monoisotopic (exact) mass is 448 g/mol. The summed E-state index contributed by atoms with van der Waals surface area (Å²) in [6.07, 6.45) is 0.285. The fourth-order valence-electron chi connectivity index (χ4n) is 3.12. The van der Waals surface area contributed by atoms with E-state index < -0.39 is 24.0 Å². The van der Waals surface area contributed by atoms with Gasteiger partial charge in [0.1, 0.15) is 12.3 Å². The molecule has 2 N–H and O–H groups in total. The lowest BCUT2D eigenvalue weighted by molar-refractivity contribution is -0.140. The van der Waals surface area contributed by atoms with Crippen LogP contribution in [0.2, 0.25) is 5.02 Å². The molecule has 2 aliphatic rings. The van der Waals surface area contributed by atoms with Crippen LogP contribution in [-0.2, 0) is 23.9 Å². The number of hydrazone groups is 1. The highest BCUT2D eigenvalue weighted by atomic mass is 35.5. The molecule has 1 atom stereocenters.